The molecule has 0 unspecified atom stereocenters. The van der Waals surface area contributed by atoms with Gasteiger partial charge in [-0.25, -0.2) is 9.78 Å². The Labute approximate surface area is 106 Å². The Morgan fingerprint density at radius 3 is 3.00 bits per heavy atom. The third-order valence-corrected chi connectivity index (χ3v) is 2.85. The van der Waals surface area contributed by atoms with Gasteiger partial charge in [0, 0.05) is 20.2 Å². The summed E-state index contributed by atoms with van der Waals surface area (Å²) >= 11 is 0. The number of hydrogen-bond donors (Lipinski definition) is 1. The van der Waals surface area contributed by atoms with Crippen molar-refractivity contribution in [2.75, 3.05) is 31.7 Å². The van der Waals surface area contributed by atoms with Gasteiger partial charge < -0.3 is 14.7 Å². The van der Waals surface area contributed by atoms with Crippen molar-refractivity contribution in [2.45, 2.75) is 12.8 Å². The maximum atomic E-state index is 10.8. The topological polar surface area (TPSA) is 75.5 Å². The molecule has 1 aromatic heterocycles. The predicted molar refractivity (Wildman–Crippen MR) is 65.8 cm³/mol. The van der Waals surface area contributed by atoms with E-state index < -0.39 is 5.97 Å². The molecule has 1 aliphatic rings. The fourth-order valence-corrected chi connectivity index (χ4v) is 1.49. The summed E-state index contributed by atoms with van der Waals surface area (Å²) in [6, 6.07) is 0. The van der Waals surface area contributed by atoms with Crippen molar-refractivity contribution < 1.29 is 14.6 Å². The van der Waals surface area contributed by atoms with Crippen LogP contribution in [0.3, 0.4) is 0 Å². The molecule has 2 rings (SSSR count). The van der Waals surface area contributed by atoms with Gasteiger partial charge in [0.25, 0.3) is 0 Å². The van der Waals surface area contributed by atoms with Crippen LogP contribution in [-0.2, 0) is 4.74 Å². The molecule has 98 valence electrons. The average Bonchev–Trinajstić information content (AvgIpc) is 3.18. The second-order valence-corrected chi connectivity index (χ2v) is 4.51. The highest BCUT2D eigenvalue weighted by molar-refractivity contribution is 5.85. The van der Waals surface area contributed by atoms with E-state index in [9.17, 15) is 4.79 Å². The molecule has 0 aromatic carbocycles. The molecule has 1 saturated carbocycles. The van der Waals surface area contributed by atoms with E-state index in [-0.39, 0.29) is 5.69 Å². The molecule has 0 radical (unpaired) electrons. The van der Waals surface area contributed by atoms with Crippen LogP contribution >= 0.6 is 0 Å². The van der Waals surface area contributed by atoms with Crippen LogP contribution < -0.4 is 4.90 Å². The monoisotopic (exact) mass is 251 g/mol. The lowest BCUT2D eigenvalue weighted by Gasteiger charge is -2.17. The van der Waals surface area contributed by atoms with Gasteiger partial charge in [-0.15, -0.1) is 0 Å². The summed E-state index contributed by atoms with van der Waals surface area (Å²) in [7, 11) is 1.84. The van der Waals surface area contributed by atoms with Gasteiger partial charge >= 0.3 is 5.97 Å². The molecule has 1 N–H and O–H groups in total. The van der Waals surface area contributed by atoms with Gasteiger partial charge in [0.05, 0.1) is 19.0 Å². The summed E-state index contributed by atoms with van der Waals surface area (Å²) in [5.74, 6) is 0.234. The number of likely N-dealkylation sites (N-methyl/N-ethyl adjacent to an activating group) is 1. The van der Waals surface area contributed by atoms with Crippen LogP contribution in [0.2, 0.25) is 0 Å². The van der Waals surface area contributed by atoms with Gasteiger partial charge in [-0.1, -0.05) is 0 Å². The normalized spacial score (nSPS) is 14.5. The smallest absolute Gasteiger partial charge is 0.356 e. The van der Waals surface area contributed by atoms with Gasteiger partial charge in [0.2, 0.25) is 0 Å². The Kier molecular flexibility index (Phi) is 4.09. The number of aromatic nitrogens is 2. The number of ether oxygens (including phenoxy) is 1. The molecule has 0 amide bonds. The van der Waals surface area contributed by atoms with E-state index in [0.29, 0.717) is 19.0 Å². The molecule has 6 nitrogen and oxygen atoms in total. The molecular formula is C12H17N3O3. The van der Waals surface area contributed by atoms with Crippen molar-refractivity contribution in [1.29, 1.82) is 0 Å². The molecule has 1 aromatic rings. The molecule has 6 heteroatoms. The molecule has 18 heavy (non-hydrogen) atoms. The highest BCUT2D eigenvalue weighted by Crippen LogP contribution is 2.28. The van der Waals surface area contributed by atoms with Gasteiger partial charge in [-0.2, -0.15) is 0 Å². The van der Waals surface area contributed by atoms with Gasteiger partial charge in [-0.05, 0) is 18.8 Å². The van der Waals surface area contributed by atoms with Crippen LogP contribution in [0.5, 0.6) is 0 Å². The van der Waals surface area contributed by atoms with Crippen molar-refractivity contribution >= 4 is 11.8 Å². The molecule has 1 fully saturated rings. The summed E-state index contributed by atoms with van der Waals surface area (Å²) < 4.78 is 5.52. The second-order valence-electron chi connectivity index (χ2n) is 4.51. The Morgan fingerprint density at radius 1 is 1.56 bits per heavy atom. The Balaban J connectivity index is 1.81. The summed E-state index contributed by atoms with van der Waals surface area (Å²) in [4.78, 5) is 20.5. The Hall–Kier alpha value is -1.69. The van der Waals surface area contributed by atoms with E-state index in [1.54, 1.807) is 6.20 Å². The number of carboxylic acids is 1. The van der Waals surface area contributed by atoms with Crippen molar-refractivity contribution in [2.24, 2.45) is 5.92 Å². The molecular weight excluding hydrogens is 234 g/mol. The number of hydrogen-bond acceptors (Lipinski definition) is 5. The maximum Gasteiger partial charge on any atom is 0.356 e. The molecule has 0 bridgehead atoms. The van der Waals surface area contributed by atoms with Crippen LogP contribution in [0.1, 0.15) is 23.3 Å². The van der Waals surface area contributed by atoms with Gasteiger partial charge in [0.15, 0.2) is 5.69 Å². The number of carbonyl (C=O) groups is 1. The average molecular weight is 251 g/mol. The second kappa shape index (κ2) is 5.77. The number of carboxylic acid groups (broad SMARTS) is 1. The summed E-state index contributed by atoms with van der Waals surface area (Å²) in [6.07, 6.45) is 5.35. The van der Waals surface area contributed by atoms with E-state index in [1.165, 1.54) is 19.0 Å². The summed E-state index contributed by atoms with van der Waals surface area (Å²) in [5, 5.41) is 8.83. The third-order valence-electron chi connectivity index (χ3n) is 2.85. The fraction of sp³-hybridized carbons (Fsp3) is 0.583. The van der Waals surface area contributed by atoms with E-state index in [1.807, 2.05) is 11.9 Å². The molecule has 1 heterocycles. The summed E-state index contributed by atoms with van der Waals surface area (Å²) in [5.41, 5.74) is -0.0433. The Bertz CT molecular complexity index is 421. The van der Waals surface area contributed by atoms with Crippen molar-refractivity contribution in [3.05, 3.63) is 18.1 Å². The van der Waals surface area contributed by atoms with Crippen molar-refractivity contribution in [1.82, 2.24) is 9.97 Å². The minimum atomic E-state index is -1.07. The van der Waals surface area contributed by atoms with E-state index in [0.717, 1.165) is 12.5 Å². The standard InChI is InChI=1S/C12H17N3O3/c1-15(4-5-18-8-9-2-3-9)11-7-13-6-10(14-11)12(16)17/h6-7,9H,2-5,8H2,1H3,(H,16,17). The maximum absolute atomic E-state index is 10.8. The summed E-state index contributed by atoms with van der Waals surface area (Å²) in [6.45, 7) is 2.12. The number of nitrogens with zero attached hydrogens (tertiary/aromatic N) is 3. The van der Waals surface area contributed by atoms with E-state index in [4.69, 9.17) is 9.84 Å². The SMILES string of the molecule is CN(CCOCC1CC1)c1cncc(C(=O)O)n1. The van der Waals surface area contributed by atoms with Crippen LogP contribution in [0.4, 0.5) is 5.82 Å². The quantitative estimate of drug-likeness (QED) is 0.730. The zero-order chi connectivity index (χ0) is 13.0. The van der Waals surface area contributed by atoms with E-state index in [2.05, 4.69) is 9.97 Å². The predicted octanol–water partition coefficient (Wildman–Crippen LogP) is 1.04. The molecule has 0 saturated heterocycles. The first-order valence-electron chi connectivity index (χ1n) is 6.01. The van der Waals surface area contributed by atoms with Gasteiger partial charge in [-0.3, -0.25) is 4.98 Å². The molecule has 0 atom stereocenters. The lowest BCUT2D eigenvalue weighted by Crippen LogP contribution is -2.24. The lowest BCUT2D eigenvalue weighted by molar-refractivity contribution is 0.0690. The van der Waals surface area contributed by atoms with E-state index >= 15 is 0 Å². The van der Waals surface area contributed by atoms with Crippen LogP contribution in [0.15, 0.2) is 12.4 Å². The molecule has 0 aliphatic heterocycles. The van der Waals surface area contributed by atoms with Gasteiger partial charge in [0.1, 0.15) is 5.82 Å². The number of anilines is 1. The lowest BCUT2D eigenvalue weighted by atomic mass is 10.4. The highest BCUT2D eigenvalue weighted by atomic mass is 16.5. The first-order valence-corrected chi connectivity index (χ1v) is 6.01. The molecule has 1 aliphatic carbocycles. The number of rotatable bonds is 7. The van der Waals surface area contributed by atoms with Crippen LogP contribution in [0.25, 0.3) is 0 Å². The number of aromatic carboxylic acids is 1. The Morgan fingerprint density at radius 2 is 2.33 bits per heavy atom. The first kappa shape index (κ1) is 12.8. The zero-order valence-electron chi connectivity index (χ0n) is 10.4. The third kappa shape index (κ3) is 3.66. The van der Waals surface area contributed by atoms with Crippen LogP contribution in [-0.4, -0.2) is 47.8 Å². The first-order chi connectivity index (χ1) is 8.66. The zero-order valence-corrected chi connectivity index (χ0v) is 10.4. The van der Waals surface area contributed by atoms with Crippen molar-refractivity contribution in [3.63, 3.8) is 0 Å². The van der Waals surface area contributed by atoms with Crippen molar-refractivity contribution in [3.8, 4) is 0 Å². The van der Waals surface area contributed by atoms with Crippen LogP contribution in [0, 0.1) is 5.92 Å². The largest absolute Gasteiger partial charge is 0.476 e. The molecule has 0 spiro atoms. The minimum Gasteiger partial charge on any atom is -0.476 e. The highest BCUT2D eigenvalue weighted by Gasteiger charge is 2.21. The minimum absolute atomic E-state index is 0.0433. The fourth-order valence-electron chi connectivity index (χ4n) is 1.49.